The molecule has 0 radical (unpaired) electrons. The molecule has 0 aliphatic carbocycles. The van der Waals surface area contributed by atoms with Gasteiger partial charge in [-0.25, -0.2) is 4.79 Å². The number of nitrogens with one attached hydrogen (secondary N) is 1. The molecule has 0 saturated carbocycles. The second kappa shape index (κ2) is 6.27. The summed E-state index contributed by atoms with van der Waals surface area (Å²) in [7, 11) is 0. The molecule has 7 heteroatoms. The second-order valence-electron chi connectivity index (χ2n) is 5.65. The minimum absolute atomic E-state index is 0.0253. The van der Waals surface area contributed by atoms with E-state index in [1.807, 2.05) is 6.92 Å². The van der Waals surface area contributed by atoms with Gasteiger partial charge in [-0.05, 0) is 18.6 Å². The number of hydrogen-bond donors (Lipinski definition) is 1. The van der Waals surface area contributed by atoms with Crippen LogP contribution in [-0.2, 0) is 13.0 Å². The van der Waals surface area contributed by atoms with Crippen LogP contribution in [0.15, 0.2) is 39.9 Å². The largest absolute Gasteiger partial charge is 0.328 e. The topological polar surface area (TPSA) is 92.2 Å². The van der Waals surface area contributed by atoms with E-state index in [-0.39, 0.29) is 13.1 Å². The Bertz CT molecular complexity index is 860. The summed E-state index contributed by atoms with van der Waals surface area (Å²) in [6, 6.07) is 7.94. The van der Waals surface area contributed by atoms with Crippen LogP contribution in [0.4, 0.5) is 0 Å². The lowest BCUT2D eigenvalue weighted by molar-refractivity contribution is 0.0648. The number of carbonyl (C=O) groups is 2. The molecule has 1 aromatic heterocycles. The Hall–Kier alpha value is -2.96. The van der Waals surface area contributed by atoms with Gasteiger partial charge in [0.15, 0.2) is 0 Å². The van der Waals surface area contributed by atoms with Crippen molar-refractivity contribution in [3.63, 3.8) is 0 Å². The molecular formula is C17H17N3O4. The average molecular weight is 327 g/mol. The number of aromatic nitrogens is 2. The number of hydrogen-bond acceptors (Lipinski definition) is 4. The number of aromatic amines is 1. The molecule has 3 rings (SSSR count). The van der Waals surface area contributed by atoms with Crippen molar-refractivity contribution in [2.75, 3.05) is 6.54 Å². The quantitative estimate of drug-likeness (QED) is 0.822. The zero-order valence-electron chi connectivity index (χ0n) is 13.2. The van der Waals surface area contributed by atoms with Gasteiger partial charge in [0, 0.05) is 24.8 Å². The van der Waals surface area contributed by atoms with E-state index in [0.717, 1.165) is 15.9 Å². The van der Waals surface area contributed by atoms with Gasteiger partial charge in [-0.15, -0.1) is 0 Å². The molecule has 1 aliphatic rings. The van der Waals surface area contributed by atoms with E-state index in [2.05, 4.69) is 4.98 Å². The van der Waals surface area contributed by atoms with E-state index in [1.165, 1.54) is 6.07 Å². The van der Waals surface area contributed by atoms with Crippen LogP contribution in [0, 0.1) is 0 Å². The SMILES string of the molecule is CCCc1cc(=O)n(CCN2C(=O)c3ccccc3C2=O)c(=O)[nH]1. The number of imide groups is 1. The number of rotatable bonds is 5. The lowest BCUT2D eigenvalue weighted by Crippen LogP contribution is -2.41. The molecule has 2 heterocycles. The Labute approximate surface area is 137 Å². The van der Waals surface area contributed by atoms with E-state index >= 15 is 0 Å². The van der Waals surface area contributed by atoms with Crippen molar-refractivity contribution in [2.24, 2.45) is 0 Å². The summed E-state index contributed by atoms with van der Waals surface area (Å²) < 4.78 is 1.00. The molecule has 2 amide bonds. The summed E-state index contributed by atoms with van der Waals surface area (Å²) in [6.45, 7) is 1.89. The molecule has 1 aromatic carbocycles. The molecule has 0 fully saturated rings. The second-order valence-corrected chi connectivity index (χ2v) is 5.65. The van der Waals surface area contributed by atoms with Crippen LogP contribution in [0.2, 0.25) is 0 Å². The fraction of sp³-hybridized carbons (Fsp3) is 0.294. The highest BCUT2D eigenvalue weighted by Crippen LogP contribution is 2.21. The normalized spacial score (nSPS) is 13.5. The van der Waals surface area contributed by atoms with Crippen LogP contribution in [-0.4, -0.2) is 32.8 Å². The lowest BCUT2D eigenvalue weighted by atomic mass is 10.1. The number of benzene rings is 1. The Balaban J connectivity index is 1.81. The van der Waals surface area contributed by atoms with E-state index in [9.17, 15) is 19.2 Å². The van der Waals surface area contributed by atoms with E-state index in [4.69, 9.17) is 0 Å². The summed E-state index contributed by atoms with van der Waals surface area (Å²) in [5.41, 5.74) is 0.329. The molecular weight excluding hydrogens is 310 g/mol. The van der Waals surface area contributed by atoms with Crippen molar-refractivity contribution in [2.45, 2.75) is 26.3 Å². The monoisotopic (exact) mass is 327 g/mol. The third-order valence-corrected chi connectivity index (χ3v) is 4.02. The number of fused-ring (bicyclic) bond motifs is 1. The summed E-state index contributed by atoms with van der Waals surface area (Å²) in [5, 5.41) is 0. The van der Waals surface area contributed by atoms with E-state index in [0.29, 0.717) is 23.2 Å². The van der Waals surface area contributed by atoms with Crippen molar-refractivity contribution in [3.8, 4) is 0 Å². The molecule has 0 spiro atoms. The molecule has 1 aliphatic heterocycles. The Morgan fingerprint density at radius 2 is 1.58 bits per heavy atom. The predicted octanol–water partition coefficient (Wildman–Crippen LogP) is 0.785. The molecule has 0 bridgehead atoms. The molecule has 24 heavy (non-hydrogen) atoms. The van der Waals surface area contributed by atoms with Crippen molar-refractivity contribution in [1.29, 1.82) is 0 Å². The molecule has 0 saturated heterocycles. The van der Waals surface area contributed by atoms with Gasteiger partial charge in [-0.3, -0.25) is 23.9 Å². The van der Waals surface area contributed by atoms with Gasteiger partial charge in [0.2, 0.25) is 0 Å². The summed E-state index contributed by atoms with van der Waals surface area (Å²) in [5.74, 6) is -0.801. The lowest BCUT2D eigenvalue weighted by Gasteiger charge is -2.14. The third kappa shape index (κ3) is 2.68. The minimum Gasteiger partial charge on any atom is -0.311 e. The first kappa shape index (κ1) is 15.9. The van der Waals surface area contributed by atoms with Crippen LogP contribution in [0.1, 0.15) is 39.8 Å². The minimum atomic E-state index is -0.525. The van der Waals surface area contributed by atoms with Gasteiger partial charge in [0.1, 0.15) is 0 Å². The standard InChI is InChI=1S/C17H17N3O4/c1-2-5-11-10-14(21)19(17(24)18-11)8-9-20-15(22)12-6-3-4-7-13(12)16(20)23/h3-4,6-7,10H,2,5,8-9H2,1H3,(H,18,24). The van der Waals surface area contributed by atoms with Crippen LogP contribution in [0.3, 0.4) is 0 Å². The highest BCUT2D eigenvalue weighted by atomic mass is 16.2. The number of amides is 2. The van der Waals surface area contributed by atoms with E-state index < -0.39 is 23.1 Å². The van der Waals surface area contributed by atoms with Crippen molar-refractivity contribution >= 4 is 11.8 Å². The number of nitrogens with zero attached hydrogens (tertiary/aromatic N) is 2. The van der Waals surface area contributed by atoms with Crippen LogP contribution >= 0.6 is 0 Å². The Morgan fingerprint density at radius 3 is 2.12 bits per heavy atom. The van der Waals surface area contributed by atoms with E-state index in [1.54, 1.807) is 24.3 Å². The van der Waals surface area contributed by atoms with Crippen molar-refractivity contribution in [3.05, 3.63) is 68.0 Å². The average Bonchev–Trinajstić information content (AvgIpc) is 2.79. The van der Waals surface area contributed by atoms with Gasteiger partial charge in [0.05, 0.1) is 11.1 Å². The maximum atomic E-state index is 12.3. The Morgan fingerprint density at radius 1 is 0.958 bits per heavy atom. The predicted molar refractivity (Wildman–Crippen MR) is 87.1 cm³/mol. The van der Waals surface area contributed by atoms with Crippen LogP contribution in [0.25, 0.3) is 0 Å². The number of H-pyrrole nitrogens is 1. The summed E-state index contributed by atoms with van der Waals surface area (Å²) in [6.07, 6.45) is 1.43. The molecule has 1 N–H and O–H groups in total. The molecule has 7 nitrogen and oxygen atoms in total. The van der Waals surface area contributed by atoms with Crippen LogP contribution < -0.4 is 11.2 Å². The highest BCUT2D eigenvalue weighted by Gasteiger charge is 2.34. The van der Waals surface area contributed by atoms with Crippen molar-refractivity contribution in [1.82, 2.24) is 14.5 Å². The fourth-order valence-corrected chi connectivity index (χ4v) is 2.83. The maximum absolute atomic E-state index is 12.3. The molecule has 0 atom stereocenters. The molecule has 2 aromatic rings. The zero-order valence-corrected chi connectivity index (χ0v) is 13.2. The smallest absolute Gasteiger partial charge is 0.311 e. The fourth-order valence-electron chi connectivity index (χ4n) is 2.83. The summed E-state index contributed by atoms with van der Waals surface area (Å²) >= 11 is 0. The summed E-state index contributed by atoms with van der Waals surface area (Å²) in [4.78, 5) is 52.4. The van der Waals surface area contributed by atoms with Crippen LogP contribution in [0.5, 0.6) is 0 Å². The first-order valence-corrected chi connectivity index (χ1v) is 7.81. The zero-order chi connectivity index (χ0) is 17.3. The van der Waals surface area contributed by atoms with Crippen molar-refractivity contribution < 1.29 is 9.59 Å². The Kier molecular flexibility index (Phi) is 4.16. The maximum Gasteiger partial charge on any atom is 0.328 e. The molecule has 0 unspecified atom stereocenters. The number of carbonyl (C=O) groups excluding carboxylic acids is 2. The van der Waals surface area contributed by atoms with Gasteiger partial charge >= 0.3 is 5.69 Å². The van der Waals surface area contributed by atoms with Gasteiger partial charge in [-0.1, -0.05) is 25.5 Å². The first-order chi connectivity index (χ1) is 11.5. The molecule has 124 valence electrons. The number of aryl methyl sites for hydroxylation is 1. The highest BCUT2D eigenvalue weighted by molar-refractivity contribution is 6.21. The van der Waals surface area contributed by atoms with Gasteiger partial charge in [0.25, 0.3) is 17.4 Å². The van der Waals surface area contributed by atoms with Gasteiger partial charge in [-0.2, -0.15) is 0 Å². The van der Waals surface area contributed by atoms with Gasteiger partial charge < -0.3 is 4.98 Å². The first-order valence-electron chi connectivity index (χ1n) is 7.81. The third-order valence-electron chi connectivity index (χ3n) is 4.02.